The summed E-state index contributed by atoms with van der Waals surface area (Å²) in [6, 6.07) is 4.03. The molecule has 2 rings (SSSR count). The first-order valence-corrected chi connectivity index (χ1v) is 8.54. The summed E-state index contributed by atoms with van der Waals surface area (Å²) >= 11 is 0. The molecule has 1 heterocycles. The number of halogens is 1. The number of carboxylic acids is 1. The molecule has 1 aromatic heterocycles. The number of aromatic amines is 1. The lowest BCUT2D eigenvalue weighted by atomic mass is 10.1. The Balaban J connectivity index is 2.40. The van der Waals surface area contributed by atoms with E-state index in [-0.39, 0.29) is 30.6 Å². The molecule has 1 aromatic carbocycles. The number of aromatic nitrogens is 1. The smallest absolute Gasteiger partial charge is 0.352 e. The molecule has 0 aliphatic carbocycles. The van der Waals surface area contributed by atoms with E-state index in [1.165, 1.54) is 18.2 Å². The molecule has 2 N–H and O–H groups in total. The molecule has 8 heteroatoms. The Morgan fingerprint density at radius 1 is 1.27 bits per heavy atom. The summed E-state index contributed by atoms with van der Waals surface area (Å²) in [5, 5.41) is 9.46. The van der Waals surface area contributed by atoms with Crippen molar-refractivity contribution in [3.05, 3.63) is 35.3 Å². The third kappa shape index (κ3) is 3.55. The molecular formula is C14H17FNO5P. The third-order valence-electron chi connectivity index (χ3n) is 3.03. The predicted molar refractivity (Wildman–Crippen MR) is 79.8 cm³/mol. The van der Waals surface area contributed by atoms with Gasteiger partial charge in [0.25, 0.3) is 0 Å². The number of carbonyl (C=O) groups is 1. The molecule has 0 amide bonds. The minimum Gasteiger partial charge on any atom is -0.477 e. The molecule has 0 saturated heterocycles. The van der Waals surface area contributed by atoms with E-state index in [2.05, 4.69) is 4.98 Å². The van der Waals surface area contributed by atoms with Crippen molar-refractivity contribution in [3.63, 3.8) is 0 Å². The molecule has 0 radical (unpaired) electrons. The second-order valence-electron chi connectivity index (χ2n) is 4.62. The Morgan fingerprint density at radius 3 is 2.45 bits per heavy atom. The fourth-order valence-corrected chi connectivity index (χ4v) is 3.87. The Kier molecular flexibility index (Phi) is 5.01. The van der Waals surface area contributed by atoms with E-state index < -0.39 is 19.4 Å². The average Bonchev–Trinajstić information content (AvgIpc) is 2.82. The minimum atomic E-state index is -3.42. The fraction of sp³-hybridized carbons (Fsp3) is 0.357. The molecule has 0 bridgehead atoms. The summed E-state index contributed by atoms with van der Waals surface area (Å²) in [5.74, 6) is -1.72. The van der Waals surface area contributed by atoms with Gasteiger partial charge in [-0.25, -0.2) is 9.18 Å². The van der Waals surface area contributed by atoms with Gasteiger partial charge in [-0.1, -0.05) is 0 Å². The highest BCUT2D eigenvalue weighted by molar-refractivity contribution is 7.53. The van der Waals surface area contributed by atoms with E-state index in [0.29, 0.717) is 10.9 Å². The van der Waals surface area contributed by atoms with Crippen LogP contribution in [-0.2, 0) is 19.8 Å². The molecule has 0 saturated carbocycles. The van der Waals surface area contributed by atoms with Gasteiger partial charge < -0.3 is 19.1 Å². The van der Waals surface area contributed by atoms with E-state index in [4.69, 9.17) is 14.2 Å². The van der Waals surface area contributed by atoms with Crippen LogP contribution in [0.15, 0.2) is 18.2 Å². The summed E-state index contributed by atoms with van der Waals surface area (Å²) in [6.07, 6.45) is -0.204. The van der Waals surface area contributed by atoms with Crippen LogP contribution < -0.4 is 0 Å². The highest BCUT2D eigenvalue weighted by atomic mass is 31.2. The summed E-state index contributed by atoms with van der Waals surface area (Å²) in [5.41, 5.74) is 0.485. The van der Waals surface area contributed by atoms with Crippen molar-refractivity contribution in [2.45, 2.75) is 20.0 Å². The molecule has 22 heavy (non-hydrogen) atoms. The van der Waals surface area contributed by atoms with Crippen molar-refractivity contribution in [2.75, 3.05) is 13.2 Å². The van der Waals surface area contributed by atoms with Crippen LogP contribution in [0.3, 0.4) is 0 Å². The Labute approximate surface area is 126 Å². The second-order valence-corrected chi connectivity index (χ2v) is 6.68. The van der Waals surface area contributed by atoms with Crippen LogP contribution in [-0.4, -0.2) is 29.3 Å². The van der Waals surface area contributed by atoms with Gasteiger partial charge in [0.1, 0.15) is 11.5 Å². The number of fused-ring (bicyclic) bond motifs is 1. The lowest BCUT2D eigenvalue weighted by molar-refractivity contribution is 0.0691. The maximum atomic E-state index is 14.1. The molecule has 6 nitrogen and oxygen atoms in total. The van der Waals surface area contributed by atoms with Crippen molar-refractivity contribution in [3.8, 4) is 0 Å². The molecule has 2 aromatic rings. The van der Waals surface area contributed by atoms with Crippen molar-refractivity contribution < 1.29 is 27.9 Å². The fourth-order valence-electron chi connectivity index (χ4n) is 2.17. The number of benzene rings is 1. The summed E-state index contributed by atoms with van der Waals surface area (Å²) in [4.78, 5) is 13.5. The third-order valence-corrected chi connectivity index (χ3v) is 5.06. The van der Waals surface area contributed by atoms with E-state index >= 15 is 0 Å². The number of hydrogen-bond acceptors (Lipinski definition) is 4. The number of nitrogens with one attached hydrogen (secondary N) is 1. The van der Waals surface area contributed by atoms with Gasteiger partial charge in [0.05, 0.1) is 19.4 Å². The second kappa shape index (κ2) is 6.60. The average molecular weight is 329 g/mol. The summed E-state index contributed by atoms with van der Waals surface area (Å²) in [6.45, 7) is 3.73. The van der Waals surface area contributed by atoms with E-state index in [0.717, 1.165) is 0 Å². The first kappa shape index (κ1) is 16.7. The molecular weight excluding hydrogens is 312 g/mol. The summed E-state index contributed by atoms with van der Waals surface area (Å²) in [7, 11) is -3.42. The van der Waals surface area contributed by atoms with Crippen LogP contribution in [0.1, 0.15) is 29.9 Å². The van der Waals surface area contributed by atoms with Gasteiger partial charge >= 0.3 is 13.6 Å². The molecule has 0 fully saturated rings. The first-order chi connectivity index (χ1) is 10.4. The van der Waals surface area contributed by atoms with Gasteiger partial charge in [-0.3, -0.25) is 4.57 Å². The zero-order valence-electron chi connectivity index (χ0n) is 12.3. The highest BCUT2D eigenvalue weighted by Crippen LogP contribution is 2.51. The van der Waals surface area contributed by atoms with Crippen LogP contribution >= 0.6 is 7.60 Å². The minimum absolute atomic E-state index is 0.0376. The number of rotatable bonds is 7. The molecule has 0 atom stereocenters. The van der Waals surface area contributed by atoms with Gasteiger partial charge in [-0.2, -0.15) is 0 Å². The molecule has 0 spiro atoms. The van der Waals surface area contributed by atoms with Crippen LogP contribution in [0.2, 0.25) is 0 Å². The van der Waals surface area contributed by atoms with Crippen LogP contribution in [0.25, 0.3) is 10.9 Å². The van der Waals surface area contributed by atoms with E-state index in [1.807, 2.05) is 0 Å². The molecule has 120 valence electrons. The topological polar surface area (TPSA) is 88.6 Å². The Bertz CT molecular complexity index is 732. The zero-order valence-corrected chi connectivity index (χ0v) is 13.2. The monoisotopic (exact) mass is 329 g/mol. The predicted octanol–water partition coefficient (Wildman–Crippen LogP) is 3.77. The van der Waals surface area contributed by atoms with Gasteiger partial charge in [-0.15, -0.1) is 0 Å². The Morgan fingerprint density at radius 2 is 1.91 bits per heavy atom. The highest BCUT2D eigenvalue weighted by Gasteiger charge is 2.26. The Hall–Kier alpha value is -1.69. The van der Waals surface area contributed by atoms with Crippen molar-refractivity contribution in [1.82, 2.24) is 4.98 Å². The number of aromatic carboxylic acids is 1. The zero-order chi connectivity index (χ0) is 16.3. The van der Waals surface area contributed by atoms with Gasteiger partial charge in [0.2, 0.25) is 0 Å². The SMILES string of the molecule is CCOP(=O)(Cc1cc2cc(C(=O)O)[nH]c2cc1F)OCC. The van der Waals surface area contributed by atoms with Crippen molar-refractivity contribution >= 4 is 24.5 Å². The maximum absolute atomic E-state index is 14.1. The number of H-pyrrole nitrogens is 1. The van der Waals surface area contributed by atoms with Crippen LogP contribution in [0, 0.1) is 5.82 Å². The normalized spacial score (nSPS) is 12.0. The number of carboxylic acid groups (broad SMARTS) is 1. The van der Waals surface area contributed by atoms with Crippen LogP contribution in [0.4, 0.5) is 4.39 Å². The molecule has 0 aliphatic heterocycles. The van der Waals surface area contributed by atoms with Crippen molar-refractivity contribution in [1.29, 1.82) is 0 Å². The first-order valence-electron chi connectivity index (χ1n) is 6.81. The standard InChI is InChI=1S/C14H17FNO5P/c1-3-20-22(19,21-4-2)8-10-5-9-6-13(14(17)18)16-12(9)7-11(10)15/h5-7,16H,3-4,8H2,1-2H3,(H,17,18). The van der Waals surface area contributed by atoms with E-state index in [9.17, 15) is 13.8 Å². The quantitative estimate of drug-likeness (QED) is 0.755. The van der Waals surface area contributed by atoms with E-state index in [1.54, 1.807) is 13.8 Å². The lowest BCUT2D eigenvalue weighted by Gasteiger charge is -2.17. The van der Waals surface area contributed by atoms with Crippen molar-refractivity contribution in [2.24, 2.45) is 0 Å². The van der Waals surface area contributed by atoms with Gasteiger partial charge in [-0.05, 0) is 32.0 Å². The van der Waals surface area contributed by atoms with Gasteiger partial charge in [0, 0.05) is 16.5 Å². The summed E-state index contributed by atoms with van der Waals surface area (Å²) < 4.78 is 36.9. The van der Waals surface area contributed by atoms with Crippen LogP contribution in [0.5, 0.6) is 0 Å². The molecule has 0 unspecified atom stereocenters. The maximum Gasteiger partial charge on any atom is 0.352 e. The largest absolute Gasteiger partial charge is 0.477 e. The lowest BCUT2D eigenvalue weighted by Crippen LogP contribution is -2.00. The molecule has 0 aliphatic rings. The van der Waals surface area contributed by atoms with Gasteiger partial charge in [0.15, 0.2) is 0 Å². The number of hydrogen-bond donors (Lipinski definition) is 2.